The fourth-order valence-corrected chi connectivity index (χ4v) is 3.94. The topological polar surface area (TPSA) is 26.3 Å². The van der Waals surface area contributed by atoms with Crippen molar-refractivity contribution in [3.05, 3.63) is 11.3 Å². The van der Waals surface area contributed by atoms with Gasteiger partial charge in [-0.1, -0.05) is 0 Å². The van der Waals surface area contributed by atoms with Gasteiger partial charge in [-0.05, 0) is 32.1 Å². The maximum absolute atomic E-state index is 12.3. The SMILES string of the molecule is O=C1C2=C(CCC2)OC23CCCC12C3. The van der Waals surface area contributed by atoms with E-state index in [0.717, 1.165) is 49.9 Å². The third kappa shape index (κ3) is 0.572. The van der Waals surface area contributed by atoms with Gasteiger partial charge in [-0.3, -0.25) is 4.79 Å². The van der Waals surface area contributed by atoms with Crippen LogP contribution in [0.2, 0.25) is 0 Å². The standard InChI is InChI=1S/C12H14O2/c13-10-8-3-1-4-9(8)14-12-6-2-5-11(10,12)7-12/h1-7H2. The first-order chi connectivity index (χ1) is 6.78. The van der Waals surface area contributed by atoms with Crippen LogP contribution in [0.1, 0.15) is 44.9 Å². The van der Waals surface area contributed by atoms with Gasteiger partial charge in [0.05, 0.1) is 5.41 Å². The number of allylic oxidation sites excluding steroid dienone is 2. The fourth-order valence-electron chi connectivity index (χ4n) is 3.94. The molecule has 4 aliphatic rings. The Morgan fingerprint density at radius 2 is 2.07 bits per heavy atom. The Hall–Kier alpha value is -0.790. The molecule has 1 aliphatic heterocycles. The van der Waals surface area contributed by atoms with Crippen LogP contribution < -0.4 is 0 Å². The van der Waals surface area contributed by atoms with Crippen LogP contribution in [-0.2, 0) is 9.53 Å². The van der Waals surface area contributed by atoms with Crippen LogP contribution in [0.4, 0.5) is 0 Å². The molecular formula is C12H14O2. The quantitative estimate of drug-likeness (QED) is 0.586. The number of Topliss-reactive ketones (excluding diaryl/α,β-unsaturated/α-hetero) is 1. The molecule has 74 valence electrons. The number of carbonyl (C=O) groups excluding carboxylic acids is 1. The van der Waals surface area contributed by atoms with E-state index in [0.29, 0.717) is 5.78 Å². The van der Waals surface area contributed by atoms with Crippen molar-refractivity contribution in [1.29, 1.82) is 0 Å². The normalized spacial score (nSPS) is 48.4. The van der Waals surface area contributed by atoms with Crippen LogP contribution >= 0.6 is 0 Å². The number of rotatable bonds is 0. The highest BCUT2D eigenvalue weighted by atomic mass is 16.5. The molecule has 3 aliphatic carbocycles. The molecule has 0 aromatic carbocycles. The first-order valence-electron chi connectivity index (χ1n) is 5.73. The summed E-state index contributed by atoms with van der Waals surface area (Å²) < 4.78 is 6.12. The lowest BCUT2D eigenvalue weighted by atomic mass is 9.89. The zero-order valence-corrected chi connectivity index (χ0v) is 8.27. The molecule has 4 rings (SSSR count). The van der Waals surface area contributed by atoms with Gasteiger partial charge in [0.15, 0.2) is 5.78 Å². The van der Waals surface area contributed by atoms with E-state index in [-0.39, 0.29) is 11.0 Å². The van der Waals surface area contributed by atoms with Crippen LogP contribution in [0.3, 0.4) is 0 Å². The van der Waals surface area contributed by atoms with Crippen molar-refractivity contribution in [2.75, 3.05) is 0 Å². The highest BCUT2D eigenvalue weighted by Crippen LogP contribution is 2.73. The summed E-state index contributed by atoms with van der Waals surface area (Å²) in [5.74, 6) is 1.53. The minimum atomic E-state index is -0.0316. The Morgan fingerprint density at radius 1 is 1.14 bits per heavy atom. The van der Waals surface area contributed by atoms with Gasteiger partial charge in [-0.25, -0.2) is 0 Å². The second-order valence-corrected chi connectivity index (χ2v) is 5.29. The maximum atomic E-state index is 12.3. The van der Waals surface area contributed by atoms with Crippen LogP contribution in [0.25, 0.3) is 0 Å². The molecular weight excluding hydrogens is 176 g/mol. The minimum Gasteiger partial charge on any atom is -0.490 e. The van der Waals surface area contributed by atoms with E-state index in [9.17, 15) is 4.79 Å². The van der Waals surface area contributed by atoms with Gasteiger partial charge in [0.2, 0.25) is 0 Å². The zero-order chi connectivity index (χ0) is 9.39. The minimum absolute atomic E-state index is 0.00669. The van der Waals surface area contributed by atoms with Crippen LogP contribution in [0.5, 0.6) is 0 Å². The lowest BCUT2D eigenvalue weighted by molar-refractivity contribution is -0.124. The number of hydrogen-bond acceptors (Lipinski definition) is 2. The van der Waals surface area contributed by atoms with Crippen molar-refractivity contribution < 1.29 is 9.53 Å². The van der Waals surface area contributed by atoms with Crippen molar-refractivity contribution in [2.45, 2.75) is 50.5 Å². The van der Waals surface area contributed by atoms with Gasteiger partial charge in [0.1, 0.15) is 11.4 Å². The molecule has 2 atom stereocenters. The Balaban J connectivity index is 1.87. The Morgan fingerprint density at radius 3 is 3.00 bits per heavy atom. The van der Waals surface area contributed by atoms with Crippen LogP contribution in [0, 0.1) is 5.41 Å². The molecule has 0 spiro atoms. The number of ether oxygens (including phenoxy) is 1. The third-order valence-corrected chi connectivity index (χ3v) is 4.71. The second kappa shape index (κ2) is 1.93. The first-order valence-corrected chi connectivity index (χ1v) is 5.73. The summed E-state index contributed by atoms with van der Waals surface area (Å²) >= 11 is 0. The number of ketones is 1. The predicted octanol–water partition coefficient (Wildman–Crippen LogP) is 2.34. The molecule has 2 fully saturated rings. The molecule has 2 heteroatoms. The molecule has 14 heavy (non-hydrogen) atoms. The van der Waals surface area contributed by atoms with Crippen molar-refractivity contribution in [3.8, 4) is 0 Å². The lowest BCUT2D eigenvalue weighted by Gasteiger charge is -2.26. The van der Waals surface area contributed by atoms with Crippen LogP contribution in [-0.4, -0.2) is 11.4 Å². The summed E-state index contributed by atoms with van der Waals surface area (Å²) in [7, 11) is 0. The van der Waals surface area contributed by atoms with Gasteiger partial charge < -0.3 is 4.74 Å². The zero-order valence-electron chi connectivity index (χ0n) is 8.27. The molecule has 2 saturated carbocycles. The summed E-state index contributed by atoms with van der Waals surface area (Å²) in [4.78, 5) is 12.3. The fraction of sp³-hybridized carbons (Fsp3) is 0.750. The molecule has 0 aromatic rings. The molecule has 2 nitrogen and oxygen atoms in total. The van der Waals surface area contributed by atoms with E-state index >= 15 is 0 Å². The smallest absolute Gasteiger partial charge is 0.172 e. The molecule has 0 aromatic heterocycles. The summed E-state index contributed by atoms with van der Waals surface area (Å²) in [5, 5.41) is 0. The molecule has 0 N–H and O–H groups in total. The van der Waals surface area contributed by atoms with E-state index in [2.05, 4.69) is 0 Å². The van der Waals surface area contributed by atoms with E-state index in [1.807, 2.05) is 0 Å². The van der Waals surface area contributed by atoms with E-state index < -0.39 is 0 Å². The van der Waals surface area contributed by atoms with Crippen molar-refractivity contribution >= 4 is 5.78 Å². The van der Waals surface area contributed by atoms with E-state index in [1.54, 1.807) is 0 Å². The van der Waals surface area contributed by atoms with Gasteiger partial charge >= 0.3 is 0 Å². The summed E-state index contributed by atoms with van der Waals surface area (Å²) in [5.41, 5.74) is 1.02. The summed E-state index contributed by atoms with van der Waals surface area (Å²) in [6.07, 6.45) is 7.53. The first kappa shape index (κ1) is 7.49. The lowest BCUT2D eigenvalue weighted by Crippen LogP contribution is -2.31. The highest BCUT2D eigenvalue weighted by molar-refractivity contribution is 6.05. The summed E-state index contributed by atoms with van der Waals surface area (Å²) in [6, 6.07) is 0. The Labute approximate surface area is 83.3 Å². The molecule has 0 saturated heterocycles. The number of carbonyl (C=O) groups is 1. The molecule has 1 heterocycles. The second-order valence-electron chi connectivity index (χ2n) is 5.29. The van der Waals surface area contributed by atoms with Crippen molar-refractivity contribution in [3.63, 3.8) is 0 Å². The highest BCUT2D eigenvalue weighted by Gasteiger charge is 2.78. The molecule has 0 radical (unpaired) electrons. The van der Waals surface area contributed by atoms with Crippen molar-refractivity contribution in [1.82, 2.24) is 0 Å². The Bertz CT molecular complexity index is 382. The average molecular weight is 190 g/mol. The van der Waals surface area contributed by atoms with E-state index in [1.165, 1.54) is 6.42 Å². The van der Waals surface area contributed by atoms with Crippen molar-refractivity contribution in [2.24, 2.45) is 5.41 Å². The number of hydrogen-bond donors (Lipinski definition) is 0. The maximum Gasteiger partial charge on any atom is 0.172 e. The largest absolute Gasteiger partial charge is 0.490 e. The monoisotopic (exact) mass is 190 g/mol. The third-order valence-electron chi connectivity index (χ3n) is 4.71. The van der Waals surface area contributed by atoms with Gasteiger partial charge in [0.25, 0.3) is 0 Å². The van der Waals surface area contributed by atoms with Gasteiger partial charge in [-0.15, -0.1) is 0 Å². The van der Waals surface area contributed by atoms with E-state index in [4.69, 9.17) is 4.74 Å². The van der Waals surface area contributed by atoms with Crippen LogP contribution in [0.15, 0.2) is 11.3 Å². The van der Waals surface area contributed by atoms with Gasteiger partial charge in [-0.2, -0.15) is 0 Å². The molecule has 2 unspecified atom stereocenters. The average Bonchev–Trinajstić information content (AvgIpc) is 2.55. The molecule has 0 amide bonds. The predicted molar refractivity (Wildman–Crippen MR) is 50.6 cm³/mol. The Kier molecular flexibility index (Phi) is 1.03. The van der Waals surface area contributed by atoms with Gasteiger partial charge in [0, 0.05) is 18.4 Å². The molecule has 0 bridgehead atoms. The summed E-state index contributed by atoms with van der Waals surface area (Å²) in [6.45, 7) is 0.